The Bertz CT molecular complexity index is 455. The Morgan fingerprint density at radius 2 is 1.78 bits per heavy atom. The van der Waals surface area contributed by atoms with Gasteiger partial charge in [0.15, 0.2) is 0 Å². The van der Waals surface area contributed by atoms with Gasteiger partial charge in [0.2, 0.25) is 5.91 Å². The van der Waals surface area contributed by atoms with E-state index in [2.05, 4.69) is 10.6 Å². The summed E-state index contributed by atoms with van der Waals surface area (Å²) in [7, 11) is 0. The van der Waals surface area contributed by atoms with Crippen LogP contribution >= 0.6 is 0 Å². The molecular formula is C15H26N2O6. The Hall–Kier alpha value is -1.83. The van der Waals surface area contributed by atoms with E-state index in [0.717, 1.165) is 0 Å². The van der Waals surface area contributed by atoms with Crippen LogP contribution in [0.3, 0.4) is 0 Å². The van der Waals surface area contributed by atoms with E-state index < -0.39 is 29.0 Å². The van der Waals surface area contributed by atoms with Crippen molar-refractivity contribution in [2.45, 2.75) is 45.6 Å². The van der Waals surface area contributed by atoms with E-state index in [1.54, 1.807) is 20.8 Å². The molecule has 2 amide bonds. The molecule has 0 saturated heterocycles. The number of carbonyl (C=O) groups excluding carboxylic acids is 2. The summed E-state index contributed by atoms with van der Waals surface area (Å²) in [6.07, 6.45) is 0.452. The third kappa shape index (κ3) is 6.05. The maximum Gasteiger partial charge on any atom is 0.407 e. The van der Waals surface area contributed by atoms with E-state index in [9.17, 15) is 19.5 Å². The average Bonchev–Trinajstić information content (AvgIpc) is 3.23. The van der Waals surface area contributed by atoms with Gasteiger partial charge in [0.05, 0.1) is 12.0 Å². The lowest BCUT2D eigenvalue weighted by Crippen LogP contribution is -2.48. The van der Waals surface area contributed by atoms with E-state index in [-0.39, 0.29) is 32.0 Å². The second-order valence-corrected chi connectivity index (χ2v) is 6.84. The Balaban J connectivity index is 2.74. The van der Waals surface area contributed by atoms with Crippen molar-refractivity contribution in [1.29, 1.82) is 0 Å². The molecule has 23 heavy (non-hydrogen) atoms. The van der Waals surface area contributed by atoms with Gasteiger partial charge in [-0.05, 0) is 39.5 Å². The first kappa shape index (κ1) is 19.2. The highest BCUT2D eigenvalue weighted by molar-refractivity contribution is 5.86. The fraction of sp³-hybridized carbons (Fsp3) is 0.800. The number of aliphatic carboxylic acids is 1. The third-order valence-electron chi connectivity index (χ3n) is 3.64. The molecule has 132 valence electrons. The molecule has 8 nitrogen and oxygen atoms in total. The van der Waals surface area contributed by atoms with Crippen LogP contribution < -0.4 is 10.6 Å². The molecule has 4 N–H and O–H groups in total. The molecule has 1 aliphatic rings. The van der Waals surface area contributed by atoms with Crippen LogP contribution in [0.4, 0.5) is 4.79 Å². The molecular weight excluding hydrogens is 304 g/mol. The lowest BCUT2D eigenvalue weighted by Gasteiger charge is -2.30. The summed E-state index contributed by atoms with van der Waals surface area (Å²) in [4.78, 5) is 35.5. The first-order valence-electron chi connectivity index (χ1n) is 7.68. The van der Waals surface area contributed by atoms with Crippen molar-refractivity contribution in [3.8, 4) is 0 Å². The number of nitrogens with one attached hydrogen (secondary N) is 2. The number of hydrogen-bond acceptors (Lipinski definition) is 5. The third-order valence-corrected chi connectivity index (χ3v) is 3.64. The van der Waals surface area contributed by atoms with Crippen LogP contribution in [0.1, 0.15) is 40.0 Å². The predicted molar refractivity (Wildman–Crippen MR) is 81.7 cm³/mol. The Morgan fingerprint density at radius 1 is 1.17 bits per heavy atom. The first-order chi connectivity index (χ1) is 10.6. The Morgan fingerprint density at radius 3 is 2.22 bits per heavy atom. The maximum atomic E-state index is 11.9. The van der Waals surface area contributed by atoms with Gasteiger partial charge in [-0.25, -0.2) is 4.79 Å². The van der Waals surface area contributed by atoms with Crippen LogP contribution in [0.15, 0.2) is 0 Å². The monoisotopic (exact) mass is 330 g/mol. The summed E-state index contributed by atoms with van der Waals surface area (Å²) in [6, 6.07) is 0. The van der Waals surface area contributed by atoms with Gasteiger partial charge in [-0.2, -0.15) is 0 Å². The topological polar surface area (TPSA) is 125 Å². The molecule has 0 bridgehead atoms. The minimum absolute atomic E-state index is 0.0681. The summed E-state index contributed by atoms with van der Waals surface area (Å²) in [5, 5.41) is 23.3. The number of alkyl carbamates (subject to hydrolysis) is 1. The minimum atomic E-state index is -1.35. The molecule has 0 aliphatic heterocycles. The largest absolute Gasteiger partial charge is 0.481 e. The smallest absolute Gasteiger partial charge is 0.407 e. The van der Waals surface area contributed by atoms with Gasteiger partial charge < -0.3 is 25.6 Å². The van der Waals surface area contributed by atoms with E-state index in [1.807, 2.05) is 0 Å². The highest BCUT2D eigenvalue weighted by Gasteiger charge is 2.52. The maximum absolute atomic E-state index is 11.9. The molecule has 1 aliphatic carbocycles. The molecule has 1 unspecified atom stereocenters. The molecule has 8 heteroatoms. The summed E-state index contributed by atoms with van der Waals surface area (Å²) >= 11 is 0. The molecule has 1 fully saturated rings. The molecule has 0 radical (unpaired) electrons. The number of rotatable bonds is 8. The van der Waals surface area contributed by atoms with E-state index in [1.165, 1.54) is 0 Å². The number of hydrogen-bond donors (Lipinski definition) is 4. The fourth-order valence-corrected chi connectivity index (χ4v) is 2.40. The van der Waals surface area contributed by atoms with Crippen LogP contribution in [-0.4, -0.2) is 53.5 Å². The quantitative estimate of drug-likeness (QED) is 0.513. The number of carboxylic acids is 1. The van der Waals surface area contributed by atoms with E-state index in [0.29, 0.717) is 12.8 Å². The predicted octanol–water partition coefficient (Wildman–Crippen LogP) is 0.491. The van der Waals surface area contributed by atoms with Crippen molar-refractivity contribution in [3.63, 3.8) is 0 Å². The van der Waals surface area contributed by atoms with Crippen LogP contribution in [0.5, 0.6) is 0 Å². The fourth-order valence-electron chi connectivity index (χ4n) is 2.40. The van der Waals surface area contributed by atoms with Gasteiger partial charge >= 0.3 is 12.1 Å². The molecule has 1 atom stereocenters. The molecule has 0 aromatic carbocycles. The van der Waals surface area contributed by atoms with Crippen molar-refractivity contribution < 1.29 is 29.3 Å². The lowest BCUT2D eigenvalue weighted by molar-refractivity contribution is -0.153. The van der Waals surface area contributed by atoms with Crippen molar-refractivity contribution in [2.75, 3.05) is 19.7 Å². The summed E-state index contributed by atoms with van der Waals surface area (Å²) in [5.41, 5.74) is -2.04. The number of amides is 2. The Kier molecular flexibility index (Phi) is 6.37. The van der Waals surface area contributed by atoms with E-state index in [4.69, 9.17) is 9.84 Å². The zero-order valence-electron chi connectivity index (χ0n) is 13.8. The van der Waals surface area contributed by atoms with Gasteiger partial charge in [0, 0.05) is 19.5 Å². The van der Waals surface area contributed by atoms with Crippen molar-refractivity contribution in [3.05, 3.63) is 0 Å². The molecule has 0 aromatic heterocycles. The SMILES string of the molecule is CC(C)(C)OC(=O)NCC(CC(=O)NCCO)(C(=O)O)C1CC1. The Labute approximate surface area is 135 Å². The number of aliphatic hydroxyl groups is 1. The highest BCUT2D eigenvalue weighted by atomic mass is 16.6. The van der Waals surface area contributed by atoms with Gasteiger partial charge in [-0.15, -0.1) is 0 Å². The molecule has 0 heterocycles. The van der Waals surface area contributed by atoms with Gasteiger partial charge in [0.1, 0.15) is 5.60 Å². The molecule has 0 spiro atoms. The highest BCUT2D eigenvalue weighted by Crippen LogP contribution is 2.47. The van der Waals surface area contributed by atoms with Gasteiger partial charge in [-0.1, -0.05) is 0 Å². The number of carboxylic acid groups (broad SMARTS) is 1. The molecule has 0 aromatic rings. The van der Waals surface area contributed by atoms with Crippen molar-refractivity contribution in [1.82, 2.24) is 10.6 Å². The van der Waals surface area contributed by atoms with Crippen LogP contribution in [0.25, 0.3) is 0 Å². The summed E-state index contributed by atoms with van der Waals surface area (Å²) in [5.74, 6) is -1.73. The zero-order valence-corrected chi connectivity index (χ0v) is 13.8. The van der Waals surface area contributed by atoms with Gasteiger partial charge in [-0.3, -0.25) is 9.59 Å². The van der Waals surface area contributed by atoms with Gasteiger partial charge in [0.25, 0.3) is 0 Å². The lowest BCUT2D eigenvalue weighted by atomic mass is 9.79. The average molecular weight is 330 g/mol. The van der Waals surface area contributed by atoms with Crippen molar-refractivity contribution >= 4 is 18.0 Å². The number of aliphatic hydroxyl groups excluding tert-OH is 1. The number of ether oxygens (including phenoxy) is 1. The minimum Gasteiger partial charge on any atom is -0.481 e. The normalized spacial score (nSPS) is 17.0. The molecule has 1 rings (SSSR count). The number of carbonyl (C=O) groups is 3. The first-order valence-corrected chi connectivity index (χ1v) is 7.68. The molecule has 1 saturated carbocycles. The standard InChI is InChI=1S/C15H26N2O6/c1-14(2,3)23-13(22)17-9-15(12(20)21,10-4-5-10)8-11(19)16-6-7-18/h10,18H,4-9H2,1-3H3,(H,16,19)(H,17,22)(H,20,21). The van der Waals surface area contributed by atoms with E-state index >= 15 is 0 Å². The zero-order chi connectivity index (χ0) is 17.7. The second kappa shape index (κ2) is 7.63. The van der Waals surface area contributed by atoms with Crippen LogP contribution in [-0.2, 0) is 14.3 Å². The summed E-state index contributed by atoms with van der Waals surface area (Å²) < 4.78 is 5.11. The van der Waals surface area contributed by atoms with Crippen LogP contribution in [0.2, 0.25) is 0 Å². The van der Waals surface area contributed by atoms with Crippen molar-refractivity contribution in [2.24, 2.45) is 11.3 Å². The second-order valence-electron chi connectivity index (χ2n) is 6.84. The van der Waals surface area contributed by atoms with Crippen LogP contribution in [0, 0.1) is 11.3 Å². The summed E-state index contributed by atoms with van der Waals surface area (Å²) in [6.45, 7) is 4.80.